The predicted molar refractivity (Wildman–Crippen MR) is 77.4 cm³/mol. The Balaban J connectivity index is 1.60. The van der Waals surface area contributed by atoms with E-state index in [9.17, 15) is 18.4 Å². The Labute approximate surface area is 134 Å². The minimum atomic E-state index is -1.45. The van der Waals surface area contributed by atoms with Gasteiger partial charge in [0.25, 0.3) is 5.91 Å². The van der Waals surface area contributed by atoms with Crippen molar-refractivity contribution in [2.24, 2.45) is 0 Å². The maximum absolute atomic E-state index is 13.9. The molecule has 2 amide bonds. The Morgan fingerprint density at radius 2 is 2.04 bits per heavy atom. The monoisotopic (exact) mass is 334 g/mol. The van der Waals surface area contributed by atoms with E-state index in [0.29, 0.717) is 5.95 Å². The van der Waals surface area contributed by atoms with Gasteiger partial charge in [-0.3, -0.25) is 14.9 Å². The molecule has 0 unspecified atom stereocenters. The number of aromatic nitrogens is 2. The van der Waals surface area contributed by atoms with Crippen LogP contribution >= 0.6 is 0 Å². The first-order valence-electron chi connectivity index (χ1n) is 7.21. The molecule has 1 spiro atoms. The van der Waals surface area contributed by atoms with Gasteiger partial charge in [0.1, 0.15) is 0 Å². The minimum Gasteiger partial charge on any atom is -0.505 e. The molecule has 1 aromatic heterocycles. The van der Waals surface area contributed by atoms with Gasteiger partial charge in [-0.1, -0.05) is 0 Å². The average Bonchev–Trinajstić information content (AvgIpc) is 2.97. The Kier molecular flexibility index (Phi) is 2.90. The number of hydrogen-bond donors (Lipinski definition) is 2. The van der Waals surface area contributed by atoms with Crippen molar-refractivity contribution in [2.75, 3.05) is 18.4 Å². The van der Waals surface area contributed by atoms with Gasteiger partial charge in [0.2, 0.25) is 17.7 Å². The molecule has 124 valence electrons. The number of likely N-dealkylation sites (tertiary alicyclic amines) is 1. The topological polar surface area (TPSA) is 87.5 Å². The fourth-order valence-electron chi connectivity index (χ4n) is 3.28. The number of nitrogens with zero attached hydrogens (tertiary/aromatic N) is 3. The molecule has 0 bridgehead atoms. The molecule has 7 nitrogen and oxygen atoms in total. The van der Waals surface area contributed by atoms with Crippen molar-refractivity contribution >= 4 is 17.8 Å². The van der Waals surface area contributed by atoms with Crippen molar-refractivity contribution in [3.63, 3.8) is 0 Å². The number of phenols is 1. The van der Waals surface area contributed by atoms with E-state index in [1.54, 1.807) is 17.0 Å². The van der Waals surface area contributed by atoms with Crippen LogP contribution < -0.4 is 5.32 Å². The number of imidazole rings is 1. The molecule has 2 aromatic rings. The number of phenolic OH excluding ortho intramolecular Hbond substituents is 1. The van der Waals surface area contributed by atoms with Crippen LogP contribution in [0.1, 0.15) is 16.8 Å². The maximum atomic E-state index is 13.9. The van der Waals surface area contributed by atoms with Crippen molar-refractivity contribution in [1.29, 1.82) is 0 Å². The highest BCUT2D eigenvalue weighted by molar-refractivity contribution is 5.96. The van der Waals surface area contributed by atoms with Crippen LogP contribution in [-0.4, -0.2) is 44.5 Å². The quantitative estimate of drug-likeness (QED) is 0.816. The highest BCUT2D eigenvalue weighted by Gasteiger charge is 2.51. The summed E-state index contributed by atoms with van der Waals surface area (Å²) in [5.41, 5.74) is -1.07. The number of benzene rings is 1. The molecule has 1 saturated heterocycles. The van der Waals surface area contributed by atoms with Crippen LogP contribution in [0.15, 0.2) is 24.5 Å². The second kappa shape index (κ2) is 4.76. The van der Waals surface area contributed by atoms with Gasteiger partial charge >= 0.3 is 0 Å². The highest BCUT2D eigenvalue weighted by Crippen LogP contribution is 2.39. The summed E-state index contributed by atoms with van der Waals surface area (Å²) in [6.45, 7) is 0.370. The zero-order chi connectivity index (χ0) is 17.1. The Morgan fingerprint density at radius 3 is 2.79 bits per heavy atom. The van der Waals surface area contributed by atoms with Crippen molar-refractivity contribution in [3.8, 4) is 5.75 Å². The van der Waals surface area contributed by atoms with Gasteiger partial charge in [-0.05, 0) is 12.1 Å². The van der Waals surface area contributed by atoms with E-state index in [1.807, 2.05) is 0 Å². The van der Waals surface area contributed by atoms with Crippen LogP contribution in [0.2, 0.25) is 0 Å². The number of nitrogens with one attached hydrogen (secondary N) is 1. The largest absolute Gasteiger partial charge is 0.505 e. The zero-order valence-corrected chi connectivity index (χ0v) is 12.3. The zero-order valence-electron chi connectivity index (χ0n) is 12.3. The number of carbonyl (C=O) groups is 2. The van der Waals surface area contributed by atoms with Crippen molar-refractivity contribution in [3.05, 3.63) is 41.7 Å². The van der Waals surface area contributed by atoms with E-state index in [4.69, 9.17) is 5.11 Å². The molecule has 1 fully saturated rings. The summed E-state index contributed by atoms with van der Waals surface area (Å²) < 4.78 is 29.1. The lowest BCUT2D eigenvalue weighted by Crippen LogP contribution is -2.66. The molecule has 1 aromatic carbocycles. The van der Waals surface area contributed by atoms with Gasteiger partial charge < -0.3 is 14.6 Å². The molecule has 0 radical (unpaired) electrons. The van der Waals surface area contributed by atoms with Crippen LogP contribution in [0.3, 0.4) is 0 Å². The Bertz CT molecular complexity index is 874. The standard InChI is InChI=1S/C15H12F2N4O3/c16-11-8(1-2-9(22)12(11)17)13(24)20-6-15(7-20)5-10(23)19-14-18-3-4-21(14)15/h1-4,22H,5-7H2,(H,18,19,23). The molecule has 2 aliphatic rings. The number of anilines is 1. The number of carbonyl (C=O) groups excluding carboxylic acids is 2. The van der Waals surface area contributed by atoms with Crippen LogP contribution in [0, 0.1) is 11.6 Å². The van der Waals surface area contributed by atoms with E-state index in [1.165, 1.54) is 4.90 Å². The van der Waals surface area contributed by atoms with E-state index >= 15 is 0 Å². The predicted octanol–water partition coefficient (Wildman–Crippen LogP) is 1.06. The lowest BCUT2D eigenvalue weighted by molar-refractivity contribution is -0.121. The summed E-state index contributed by atoms with van der Waals surface area (Å²) in [7, 11) is 0. The van der Waals surface area contributed by atoms with E-state index in [2.05, 4.69) is 10.3 Å². The third kappa shape index (κ3) is 1.90. The summed E-state index contributed by atoms with van der Waals surface area (Å²) in [6, 6.07) is 1.97. The van der Waals surface area contributed by atoms with Gasteiger partial charge in [0.05, 0.1) is 17.5 Å². The van der Waals surface area contributed by atoms with E-state index < -0.39 is 34.4 Å². The number of halogens is 2. The lowest BCUT2D eigenvalue weighted by atomic mass is 9.84. The molecular weight excluding hydrogens is 322 g/mol. The summed E-state index contributed by atoms with van der Waals surface area (Å²) >= 11 is 0. The first kappa shape index (κ1) is 14.6. The number of aromatic hydroxyl groups is 1. The number of amides is 2. The smallest absolute Gasteiger partial charge is 0.257 e. The van der Waals surface area contributed by atoms with Gasteiger partial charge in [-0.25, -0.2) is 9.37 Å². The maximum Gasteiger partial charge on any atom is 0.257 e. The van der Waals surface area contributed by atoms with Gasteiger partial charge in [-0.2, -0.15) is 4.39 Å². The third-order valence-corrected chi connectivity index (χ3v) is 4.44. The molecule has 2 N–H and O–H groups in total. The number of rotatable bonds is 1. The molecule has 0 aliphatic carbocycles. The second-order valence-corrected chi connectivity index (χ2v) is 5.99. The molecule has 9 heteroatoms. The molecule has 4 rings (SSSR count). The fourth-order valence-corrected chi connectivity index (χ4v) is 3.28. The van der Waals surface area contributed by atoms with Gasteiger partial charge in [0, 0.05) is 25.5 Å². The van der Waals surface area contributed by atoms with Crippen LogP contribution in [-0.2, 0) is 10.3 Å². The molecule has 3 heterocycles. The first-order valence-corrected chi connectivity index (χ1v) is 7.21. The van der Waals surface area contributed by atoms with Gasteiger partial charge in [-0.15, -0.1) is 0 Å². The Hall–Kier alpha value is -2.97. The number of hydrogen-bond acceptors (Lipinski definition) is 4. The van der Waals surface area contributed by atoms with Gasteiger partial charge in [0.15, 0.2) is 11.6 Å². The average molecular weight is 334 g/mol. The summed E-state index contributed by atoms with van der Waals surface area (Å²) in [4.78, 5) is 29.6. The van der Waals surface area contributed by atoms with E-state index in [-0.39, 0.29) is 25.4 Å². The summed E-state index contributed by atoms with van der Waals surface area (Å²) in [6.07, 6.45) is 3.42. The SMILES string of the molecule is O=C1CC2(CN(C(=O)c3ccc(O)c(F)c3F)C2)n2ccnc2N1. The van der Waals surface area contributed by atoms with Crippen LogP contribution in [0.4, 0.5) is 14.7 Å². The molecular formula is C15H12F2N4O3. The molecule has 0 saturated carbocycles. The molecule has 0 atom stereocenters. The minimum absolute atomic E-state index is 0.173. The van der Waals surface area contributed by atoms with Crippen molar-refractivity contribution < 1.29 is 23.5 Å². The van der Waals surface area contributed by atoms with Crippen LogP contribution in [0.25, 0.3) is 0 Å². The lowest BCUT2D eigenvalue weighted by Gasteiger charge is -2.52. The van der Waals surface area contributed by atoms with Crippen LogP contribution in [0.5, 0.6) is 5.75 Å². The third-order valence-electron chi connectivity index (χ3n) is 4.44. The van der Waals surface area contributed by atoms with Crippen molar-refractivity contribution in [1.82, 2.24) is 14.5 Å². The first-order chi connectivity index (χ1) is 11.4. The Morgan fingerprint density at radius 1 is 1.29 bits per heavy atom. The van der Waals surface area contributed by atoms with E-state index in [0.717, 1.165) is 12.1 Å². The molecule has 24 heavy (non-hydrogen) atoms. The summed E-state index contributed by atoms with van der Waals surface area (Å²) in [5.74, 6) is -4.18. The molecule has 2 aliphatic heterocycles. The second-order valence-electron chi connectivity index (χ2n) is 5.99. The normalized spacial score (nSPS) is 18.1. The fraction of sp³-hybridized carbons (Fsp3) is 0.267. The van der Waals surface area contributed by atoms with Crippen molar-refractivity contribution in [2.45, 2.75) is 12.0 Å². The summed E-state index contributed by atoms with van der Waals surface area (Å²) in [5, 5.41) is 11.8. The number of fused-ring (bicyclic) bond motifs is 2. The highest BCUT2D eigenvalue weighted by atomic mass is 19.2.